The lowest BCUT2D eigenvalue weighted by Gasteiger charge is -2.13. The first-order valence-corrected chi connectivity index (χ1v) is 8.29. The summed E-state index contributed by atoms with van der Waals surface area (Å²) in [6.07, 6.45) is 0. The normalized spacial score (nSPS) is 11.3. The number of hydrogen-bond donors (Lipinski definition) is 2. The minimum absolute atomic E-state index is 0.160. The van der Waals surface area contributed by atoms with Crippen molar-refractivity contribution in [2.75, 3.05) is 10.5 Å². The second-order valence-electron chi connectivity index (χ2n) is 4.22. The van der Waals surface area contributed by atoms with Gasteiger partial charge < -0.3 is 5.73 Å². The van der Waals surface area contributed by atoms with Crippen LogP contribution in [-0.2, 0) is 10.0 Å². The van der Waals surface area contributed by atoms with E-state index in [-0.39, 0.29) is 4.90 Å². The van der Waals surface area contributed by atoms with Gasteiger partial charge in [-0.05, 0) is 52.7 Å². The highest BCUT2D eigenvalue weighted by molar-refractivity contribution is 9.10. The van der Waals surface area contributed by atoms with Crippen LogP contribution < -0.4 is 10.5 Å². The lowest BCUT2D eigenvalue weighted by molar-refractivity contribution is 0.600. The average Bonchev–Trinajstić information content (AvgIpc) is 2.36. The van der Waals surface area contributed by atoms with Crippen LogP contribution in [0.3, 0.4) is 0 Å². The summed E-state index contributed by atoms with van der Waals surface area (Å²) < 4.78 is 27.7. The number of benzene rings is 2. The Bertz CT molecular complexity index is 763. The van der Waals surface area contributed by atoms with Gasteiger partial charge in [0, 0.05) is 4.47 Å². The Balaban J connectivity index is 2.44. The van der Waals surface area contributed by atoms with E-state index in [1.807, 2.05) is 0 Å². The molecule has 4 nitrogen and oxygen atoms in total. The van der Waals surface area contributed by atoms with Crippen LogP contribution in [0.4, 0.5) is 11.4 Å². The lowest BCUT2D eigenvalue weighted by Crippen LogP contribution is -2.14. The molecule has 0 aliphatic rings. The minimum Gasteiger partial charge on any atom is -0.398 e. The first kappa shape index (κ1) is 15.2. The number of nitrogens with two attached hydrogens (primary N) is 1. The molecule has 0 heterocycles. The molecule has 0 saturated carbocycles. The molecule has 106 valence electrons. The zero-order valence-corrected chi connectivity index (χ0v) is 13.7. The van der Waals surface area contributed by atoms with Gasteiger partial charge in [0.2, 0.25) is 0 Å². The third kappa shape index (κ3) is 3.08. The quantitative estimate of drug-likeness (QED) is 0.802. The van der Waals surface area contributed by atoms with Gasteiger partial charge in [-0.3, -0.25) is 4.72 Å². The third-order valence-electron chi connectivity index (χ3n) is 2.71. The molecule has 0 aliphatic carbocycles. The number of halogens is 2. The summed E-state index contributed by atoms with van der Waals surface area (Å²) in [4.78, 5) is 0.160. The molecule has 20 heavy (non-hydrogen) atoms. The number of hydrogen-bond acceptors (Lipinski definition) is 3. The van der Waals surface area contributed by atoms with Gasteiger partial charge in [0.1, 0.15) is 4.90 Å². The Kier molecular flexibility index (Phi) is 4.27. The third-order valence-corrected chi connectivity index (χ3v) is 5.42. The van der Waals surface area contributed by atoms with Gasteiger partial charge in [-0.2, -0.15) is 0 Å². The molecule has 0 atom stereocenters. The maximum absolute atomic E-state index is 12.4. The standard InChI is InChI=1S/C13H12BrClN2O2S/c1-8-6-11(16)10(15)7-12(8)17-20(18,19)13-5-3-2-4-9(13)14/h2-7,17H,16H2,1H3. The van der Waals surface area contributed by atoms with Gasteiger partial charge in [0.05, 0.1) is 16.4 Å². The van der Waals surface area contributed by atoms with Gasteiger partial charge in [0.15, 0.2) is 0 Å². The topological polar surface area (TPSA) is 72.2 Å². The van der Waals surface area contributed by atoms with E-state index < -0.39 is 10.0 Å². The Hall–Kier alpha value is -1.24. The molecule has 0 fully saturated rings. The molecule has 0 bridgehead atoms. The second-order valence-corrected chi connectivity index (χ2v) is 7.14. The van der Waals surface area contributed by atoms with Crippen molar-refractivity contribution in [1.82, 2.24) is 0 Å². The Labute approximate surface area is 131 Å². The van der Waals surface area contributed by atoms with Crippen molar-refractivity contribution in [3.05, 3.63) is 51.5 Å². The highest BCUT2D eigenvalue weighted by atomic mass is 79.9. The second kappa shape index (κ2) is 5.63. The molecule has 0 unspecified atom stereocenters. The van der Waals surface area contributed by atoms with Gasteiger partial charge in [-0.25, -0.2) is 8.42 Å². The monoisotopic (exact) mass is 374 g/mol. The van der Waals surface area contributed by atoms with Crippen LogP contribution in [0.15, 0.2) is 45.8 Å². The van der Waals surface area contributed by atoms with E-state index in [0.29, 0.717) is 26.4 Å². The molecule has 7 heteroatoms. The van der Waals surface area contributed by atoms with Crippen LogP contribution in [0.25, 0.3) is 0 Å². The number of aryl methyl sites for hydroxylation is 1. The number of anilines is 2. The smallest absolute Gasteiger partial charge is 0.263 e. The fourth-order valence-corrected chi connectivity index (χ4v) is 3.97. The summed E-state index contributed by atoms with van der Waals surface area (Å²) in [7, 11) is -3.69. The SMILES string of the molecule is Cc1cc(N)c(Cl)cc1NS(=O)(=O)c1ccccc1Br. The molecule has 2 aromatic rings. The van der Waals surface area contributed by atoms with Crippen molar-refractivity contribution in [3.63, 3.8) is 0 Å². The van der Waals surface area contributed by atoms with Crippen LogP contribution in [-0.4, -0.2) is 8.42 Å². The van der Waals surface area contributed by atoms with Crippen molar-refractivity contribution < 1.29 is 8.42 Å². The summed E-state index contributed by atoms with van der Waals surface area (Å²) in [6, 6.07) is 9.70. The molecular formula is C13H12BrClN2O2S. The van der Waals surface area contributed by atoms with Crippen molar-refractivity contribution in [3.8, 4) is 0 Å². The molecule has 2 aromatic carbocycles. The van der Waals surface area contributed by atoms with Crippen molar-refractivity contribution >= 4 is 48.9 Å². The Morgan fingerprint density at radius 2 is 1.90 bits per heavy atom. The lowest BCUT2D eigenvalue weighted by atomic mass is 10.2. The zero-order valence-electron chi connectivity index (χ0n) is 10.5. The molecular weight excluding hydrogens is 364 g/mol. The van der Waals surface area contributed by atoms with Crippen LogP contribution >= 0.6 is 27.5 Å². The summed E-state index contributed by atoms with van der Waals surface area (Å²) in [5, 5.41) is 0.306. The largest absolute Gasteiger partial charge is 0.398 e. The van der Waals surface area contributed by atoms with Crippen LogP contribution in [0.2, 0.25) is 5.02 Å². The highest BCUT2D eigenvalue weighted by Crippen LogP contribution is 2.29. The summed E-state index contributed by atoms with van der Waals surface area (Å²) in [6.45, 7) is 1.75. The molecule has 0 aliphatic heterocycles. The van der Waals surface area contributed by atoms with Gasteiger partial charge in [-0.1, -0.05) is 23.7 Å². The maximum Gasteiger partial charge on any atom is 0.263 e. The van der Waals surface area contributed by atoms with Crippen molar-refractivity contribution in [2.45, 2.75) is 11.8 Å². The maximum atomic E-state index is 12.4. The molecule has 0 radical (unpaired) electrons. The van der Waals surface area contributed by atoms with Crippen molar-refractivity contribution in [1.29, 1.82) is 0 Å². The van der Waals surface area contributed by atoms with E-state index in [1.165, 1.54) is 12.1 Å². The fraction of sp³-hybridized carbons (Fsp3) is 0.0769. The minimum atomic E-state index is -3.69. The predicted molar refractivity (Wildman–Crippen MR) is 85.6 cm³/mol. The summed E-state index contributed by atoms with van der Waals surface area (Å²) in [5.74, 6) is 0. The van der Waals surface area contributed by atoms with E-state index in [1.54, 1.807) is 31.2 Å². The van der Waals surface area contributed by atoms with Crippen LogP contribution in [0.5, 0.6) is 0 Å². The molecule has 0 saturated heterocycles. The first-order valence-electron chi connectivity index (χ1n) is 5.64. The number of rotatable bonds is 3. The predicted octanol–water partition coefficient (Wildman–Crippen LogP) is 3.79. The van der Waals surface area contributed by atoms with Gasteiger partial charge in [0.25, 0.3) is 10.0 Å². The highest BCUT2D eigenvalue weighted by Gasteiger charge is 2.18. The first-order chi connectivity index (χ1) is 9.31. The van der Waals surface area contributed by atoms with E-state index in [9.17, 15) is 8.42 Å². The van der Waals surface area contributed by atoms with Gasteiger partial charge >= 0.3 is 0 Å². The number of sulfonamides is 1. The molecule has 0 amide bonds. The van der Waals surface area contributed by atoms with Crippen molar-refractivity contribution in [2.24, 2.45) is 0 Å². The molecule has 3 N–H and O–H groups in total. The van der Waals surface area contributed by atoms with E-state index in [0.717, 1.165) is 0 Å². The van der Waals surface area contributed by atoms with E-state index in [4.69, 9.17) is 17.3 Å². The summed E-state index contributed by atoms with van der Waals surface area (Å²) >= 11 is 9.15. The zero-order chi connectivity index (χ0) is 14.9. The van der Waals surface area contributed by atoms with Crippen LogP contribution in [0.1, 0.15) is 5.56 Å². The Morgan fingerprint density at radius 3 is 2.55 bits per heavy atom. The van der Waals surface area contributed by atoms with E-state index >= 15 is 0 Å². The molecule has 0 aromatic heterocycles. The summed E-state index contributed by atoms with van der Waals surface area (Å²) in [5.41, 5.74) is 7.18. The molecule has 0 spiro atoms. The van der Waals surface area contributed by atoms with E-state index in [2.05, 4.69) is 20.7 Å². The fourth-order valence-electron chi connectivity index (χ4n) is 1.68. The Morgan fingerprint density at radius 1 is 1.25 bits per heavy atom. The number of nitrogen functional groups attached to an aromatic ring is 1. The van der Waals surface area contributed by atoms with Gasteiger partial charge in [-0.15, -0.1) is 0 Å². The van der Waals surface area contributed by atoms with Crippen LogP contribution in [0, 0.1) is 6.92 Å². The average molecular weight is 376 g/mol. The number of nitrogens with one attached hydrogen (secondary N) is 1. The molecule has 2 rings (SSSR count).